The van der Waals surface area contributed by atoms with E-state index < -0.39 is 17.1 Å². The fraction of sp³-hybridized carbons (Fsp3) is 0.414. The molecule has 0 radical (unpaired) electrons. The van der Waals surface area contributed by atoms with Gasteiger partial charge < -0.3 is 5.11 Å². The van der Waals surface area contributed by atoms with Crippen LogP contribution in [0.1, 0.15) is 60.8 Å². The molecule has 4 aliphatic rings. The number of aromatic hydroxyl groups is 1. The molecule has 3 aromatic rings. The molecule has 0 atom stereocenters. The van der Waals surface area contributed by atoms with Gasteiger partial charge in [-0.15, -0.1) is 0 Å². The zero-order valence-electron chi connectivity index (χ0n) is 20.3. The highest BCUT2D eigenvalue weighted by atomic mass is 16.3. The average Bonchev–Trinajstić information content (AvgIpc) is 2.80. The van der Waals surface area contributed by atoms with Gasteiger partial charge in [0.05, 0.1) is 11.4 Å². The molecule has 0 unspecified atom stereocenters. The molecule has 0 amide bonds. The molecule has 6 nitrogen and oxygen atoms in total. The fourth-order valence-electron chi connectivity index (χ4n) is 7.26. The first-order valence-electron chi connectivity index (χ1n) is 12.6. The highest BCUT2D eigenvalue weighted by Crippen LogP contribution is 2.60. The van der Waals surface area contributed by atoms with Crippen LogP contribution < -0.4 is 11.2 Å². The van der Waals surface area contributed by atoms with Gasteiger partial charge in [0.25, 0.3) is 5.56 Å². The Morgan fingerprint density at radius 2 is 1.57 bits per heavy atom. The predicted octanol–water partition coefficient (Wildman–Crippen LogP) is 5.07. The summed E-state index contributed by atoms with van der Waals surface area (Å²) in [6, 6.07) is 13.8. The Bertz CT molecular complexity index is 1410. The first-order valence-corrected chi connectivity index (χ1v) is 12.6. The third kappa shape index (κ3) is 3.76. The fourth-order valence-corrected chi connectivity index (χ4v) is 7.26. The molecule has 7 rings (SSSR count). The lowest BCUT2D eigenvalue weighted by molar-refractivity contribution is -0.00518. The number of hydrogen-bond donors (Lipinski definition) is 2. The Balaban J connectivity index is 1.30. The van der Waals surface area contributed by atoms with Crippen molar-refractivity contribution in [2.24, 2.45) is 22.7 Å². The molecule has 1 heterocycles. The van der Waals surface area contributed by atoms with Gasteiger partial charge >= 0.3 is 5.69 Å². The number of rotatable bonds is 4. The van der Waals surface area contributed by atoms with E-state index in [1.165, 1.54) is 50.3 Å². The van der Waals surface area contributed by atoms with Gasteiger partial charge in [0.1, 0.15) is 5.56 Å². The molecule has 4 aliphatic carbocycles. The number of H-pyrrole nitrogens is 1. The number of hydrogen-bond acceptors (Lipinski definition) is 4. The van der Waals surface area contributed by atoms with Gasteiger partial charge in [0.2, 0.25) is 5.88 Å². The number of benzene rings is 2. The Morgan fingerprint density at radius 3 is 2.17 bits per heavy atom. The summed E-state index contributed by atoms with van der Waals surface area (Å²) >= 11 is 0. The summed E-state index contributed by atoms with van der Waals surface area (Å²) in [7, 11) is 0. The van der Waals surface area contributed by atoms with Gasteiger partial charge in [-0.1, -0.05) is 18.2 Å². The lowest BCUT2D eigenvalue weighted by atomic mass is 9.48. The van der Waals surface area contributed by atoms with Crippen LogP contribution in [0.5, 0.6) is 5.88 Å². The lowest BCUT2D eigenvalue weighted by Gasteiger charge is -2.57. The lowest BCUT2D eigenvalue weighted by Crippen LogP contribution is -2.48. The van der Waals surface area contributed by atoms with Gasteiger partial charge in [-0.25, -0.2) is 9.36 Å². The third-order valence-corrected chi connectivity index (χ3v) is 8.73. The van der Waals surface area contributed by atoms with E-state index in [2.05, 4.69) is 22.1 Å². The highest BCUT2D eigenvalue weighted by molar-refractivity contribution is 5.84. The minimum absolute atomic E-state index is 0.0482. The summed E-state index contributed by atoms with van der Waals surface area (Å²) in [6.45, 7) is 3.91. The Morgan fingerprint density at radius 1 is 0.943 bits per heavy atom. The number of aliphatic imine (C=N–C) groups is 1. The van der Waals surface area contributed by atoms with Crippen LogP contribution in [-0.2, 0) is 5.41 Å². The molecule has 2 N–H and O–H groups in total. The van der Waals surface area contributed by atoms with Crippen molar-refractivity contribution in [3.63, 3.8) is 0 Å². The number of nitrogens with one attached hydrogen (secondary N) is 1. The van der Waals surface area contributed by atoms with Crippen molar-refractivity contribution in [3.05, 3.63) is 85.6 Å². The van der Waals surface area contributed by atoms with Crippen LogP contribution in [0.25, 0.3) is 5.69 Å². The van der Waals surface area contributed by atoms with E-state index >= 15 is 0 Å². The maximum absolute atomic E-state index is 12.5. The normalized spacial score (nSPS) is 27.1. The van der Waals surface area contributed by atoms with E-state index in [4.69, 9.17) is 0 Å². The van der Waals surface area contributed by atoms with Crippen molar-refractivity contribution < 1.29 is 5.11 Å². The van der Waals surface area contributed by atoms with Crippen LogP contribution in [0.3, 0.4) is 0 Å². The smallest absolute Gasteiger partial charge is 0.335 e. The summed E-state index contributed by atoms with van der Waals surface area (Å²) in [5.41, 5.74) is 3.59. The molecular formula is C29H31N3O3. The predicted molar refractivity (Wildman–Crippen MR) is 137 cm³/mol. The first-order chi connectivity index (χ1) is 16.8. The first kappa shape index (κ1) is 22.1. The Kier molecular flexibility index (Phi) is 5.09. The quantitative estimate of drug-likeness (QED) is 0.523. The van der Waals surface area contributed by atoms with Gasteiger partial charge in [-0.2, -0.15) is 0 Å². The molecule has 35 heavy (non-hydrogen) atoms. The van der Waals surface area contributed by atoms with Crippen molar-refractivity contribution in [2.75, 3.05) is 0 Å². The molecule has 6 heteroatoms. The minimum atomic E-state index is -0.687. The average molecular weight is 470 g/mol. The van der Waals surface area contributed by atoms with Crippen LogP contribution >= 0.6 is 0 Å². The standard InChI is InChI=1S/C29H31N3O3/c1-17-3-8-24(9-18(17)2)32-27(34)25(26(33)31-28(32)35)16-30-23-6-4-22(5-7-23)29-13-19-10-20(14-29)12-21(11-19)15-29/h3-9,16,19-21,34H,10-15H2,1-2H3,(H,31,33,35). The summed E-state index contributed by atoms with van der Waals surface area (Å²) in [5.74, 6) is 2.25. The number of aromatic amines is 1. The van der Waals surface area contributed by atoms with Gasteiger partial charge in [0.15, 0.2) is 0 Å². The second-order valence-corrected chi connectivity index (χ2v) is 11.1. The Labute approximate surface area is 204 Å². The van der Waals surface area contributed by atoms with Crippen molar-refractivity contribution in [3.8, 4) is 11.6 Å². The molecule has 4 fully saturated rings. The Hall–Kier alpha value is -3.41. The summed E-state index contributed by atoms with van der Waals surface area (Å²) in [4.78, 5) is 31.7. The molecule has 180 valence electrons. The summed E-state index contributed by atoms with van der Waals surface area (Å²) in [5, 5.41) is 10.8. The highest BCUT2D eigenvalue weighted by Gasteiger charge is 2.51. The largest absolute Gasteiger partial charge is 0.493 e. The second kappa shape index (κ2) is 8.08. The minimum Gasteiger partial charge on any atom is -0.493 e. The van der Waals surface area contributed by atoms with Gasteiger partial charge in [-0.3, -0.25) is 14.8 Å². The number of nitrogens with zero attached hydrogens (tertiary/aromatic N) is 2. The van der Waals surface area contributed by atoms with Crippen LogP contribution in [0.2, 0.25) is 0 Å². The molecule has 0 saturated heterocycles. The molecule has 0 spiro atoms. The molecule has 0 aliphatic heterocycles. The molecule has 4 saturated carbocycles. The van der Waals surface area contributed by atoms with Crippen molar-refractivity contribution in [1.82, 2.24) is 9.55 Å². The maximum atomic E-state index is 12.5. The number of aryl methyl sites for hydroxylation is 2. The van der Waals surface area contributed by atoms with Gasteiger partial charge in [0, 0.05) is 6.21 Å². The molecule has 2 aromatic carbocycles. The van der Waals surface area contributed by atoms with E-state index in [1.807, 2.05) is 32.0 Å². The summed E-state index contributed by atoms with van der Waals surface area (Å²) in [6.07, 6.45) is 9.53. The maximum Gasteiger partial charge on any atom is 0.335 e. The monoisotopic (exact) mass is 469 g/mol. The van der Waals surface area contributed by atoms with Crippen molar-refractivity contribution in [1.29, 1.82) is 0 Å². The second-order valence-electron chi connectivity index (χ2n) is 11.1. The van der Waals surface area contributed by atoms with Crippen LogP contribution in [0.15, 0.2) is 57.0 Å². The van der Waals surface area contributed by atoms with Crippen LogP contribution in [-0.4, -0.2) is 20.9 Å². The van der Waals surface area contributed by atoms with Crippen LogP contribution in [0.4, 0.5) is 5.69 Å². The zero-order valence-corrected chi connectivity index (χ0v) is 20.3. The SMILES string of the molecule is Cc1ccc(-n2c(O)c(C=Nc3ccc(C45CC6CC(CC(C6)C4)C5)cc3)c(=O)[nH]c2=O)cc1C. The number of aromatic nitrogens is 2. The third-order valence-electron chi connectivity index (χ3n) is 8.73. The van der Waals surface area contributed by atoms with Gasteiger partial charge in [-0.05, 0) is 116 Å². The molecular weight excluding hydrogens is 438 g/mol. The van der Waals surface area contributed by atoms with E-state index in [-0.39, 0.29) is 5.56 Å². The van der Waals surface area contributed by atoms with E-state index in [0.29, 0.717) is 16.8 Å². The van der Waals surface area contributed by atoms with Crippen LogP contribution in [0, 0.1) is 31.6 Å². The van der Waals surface area contributed by atoms with E-state index in [9.17, 15) is 14.7 Å². The topological polar surface area (TPSA) is 87.4 Å². The zero-order chi connectivity index (χ0) is 24.3. The molecule has 4 bridgehead atoms. The molecule has 1 aromatic heterocycles. The van der Waals surface area contributed by atoms with Crippen molar-refractivity contribution >= 4 is 11.9 Å². The van der Waals surface area contributed by atoms with E-state index in [0.717, 1.165) is 33.4 Å². The van der Waals surface area contributed by atoms with Crippen molar-refractivity contribution in [2.45, 2.75) is 57.8 Å². The van der Waals surface area contributed by atoms with E-state index in [1.54, 1.807) is 12.1 Å². The summed E-state index contributed by atoms with van der Waals surface area (Å²) < 4.78 is 1.10.